The third kappa shape index (κ3) is 2.38. The number of hydrogen-bond donors (Lipinski definition) is 0. The zero-order valence-electron chi connectivity index (χ0n) is 6.95. The van der Waals surface area contributed by atoms with Crippen LogP contribution in [0.5, 0.6) is 0 Å². The molecule has 0 spiro atoms. The lowest BCUT2D eigenvalue weighted by Gasteiger charge is -1.99. The fourth-order valence-electron chi connectivity index (χ4n) is 0.697. The summed E-state index contributed by atoms with van der Waals surface area (Å²) in [6, 6.07) is 0. The second-order valence-electron chi connectivity index (χ2n) is 2.36. The number of unbranched alkanes of at least 4 members (excludes halogenated alkanes) is 1. The van der Waals surface area contributed by atoms with Crippen LogP contribution < -0.4 is 0 Å². The molecule has 0 saturated carbocycles. The Hall–Kier alpha value is -1.32. The van der Waals surface area contributed by atoms with Crippen LogP contribution in [0.15, 0.2) is 17.0 Å². The van der Waals surface area contributed by atoms with Crippen LogP contribution in [-0.4, -0.2) is 17.6 Å². The zero-order valence-corrected chi connectivity index (χ0v) is 6.95. The lowest BCUT2D eigenvalue weighted by Crippen LogP contribution is -2.04. The Balaban J connectivity index is 2.30. The smallest absolute Gasteiger partial charge is 0.375 e. The Morgan fingerprint density at radius 1 is 1.75 bits per heavy atom. The van der Waals surface area contributed by atoms with Crippen LogP contribution in [0.3, 0.4) is 0 Å². The molecule has 0 N–H and O–H groups in total. The molecule has 1 aromatic rings. The second-order valence-corrected chi connectivity index (χ2v) is 2.36. The maximum absolute atomic E-state index is 11.0. The molecule has 1 heterocycles. The summed E-state index contributed by atoms with van der Waals surface area (Å²) in [7, 11) is 0. The Morgan fingerprint density at radius 2 is 2.58 bits per heavy atom. The SMILES string of the molecule is CCCCOC(=O)c1cnco1. The predicted octanol–water partition coefficient (Wildman–Crippen LogP) is 1.63. The van der Waals surface area contributed by atoms with Gasteiger partial charge in [0.05, 0.1) is 12.8 Å². The van der Waals surface area contributed by atoms with Crippen LogP contribution in [0, 0.1) is 0 Å². The van der Waals surface area contributed by atoms with Gasteiger partial charge in [-0.25, -0.2) is 9.78 Å². The van der Waals surface area contributed by atoms with Gasteiger partial charge in [0.1, 0.15) is 0 Å². The van der Waals surface area contributed by atoms with Crippen LogP contribution in [0.25, 0.3) is 0 Å². The van der Waals surface area contributed by atoms with Crippen molar-refractivity contribution < 1.29 is 13.9 Å². The van der Waals surface area contributed by atoms with E-state index in [4.69, 9.17) is 9.15 Å². The van der Waals surface area contributed by atoms with Gasteiger partial charge in [0.25, 0.3) is 0 Å². The molecule has 4 heteroatoms. The van der Waals surface area contributed by atoms with E-state index in [2.05, 4.69) is 4.98 Å². The van der Waals surface area contributed by atoms with Gasteiger partial charge in [0.2, 0.25) is 5.76 Å². The molecule has 12 heavy (non-hydrogen) atoms. The topological polar surface area (TPSA) is 52.3 Å². The first-order chi connectivity index (χ1) is 5.84. The van der Waals surface area contributed by atoms with Gasteiger partial charge < -0.3 is 9.15 Å². The predicted molar refractivity (Wildman–Crippen MR) is 41.7 cm³/mol. The highest BCUT2D eigenvalue weighted by atomic mass is 16.5. The van der Waals surface area contributed by atoms with E-state index in [1.54, 1.807) is 0 Å². The van der Waals surface area contributed by atoms with Crippen molar-refractivity contribution in [2.75, 3.05) is 6.61 Å². The molecule has 0 bridgehead atoms. The number of oxazole rings is 1. The molecule has 0 unspecified atom stereocenters. The summed E-state index contributed by atoms with van der Waals surface area (Å²) in [5.74, 6) is -0.285. The molecule has 4 nitrogen and oxygen atoms in total. The second kappa shape index (κ2) is 4.54. The van der Waals surface area contributed by atoms with Crippen molar-refractivity contribution in [3.05, 3.63) is 18.4 Å². The average Bonchev–Trinajstić information content (AvgIpc) is 2.56. The highest BCUT2D eigenvalue weighted by Crippen LogP contribution is 2.00. The molecule has 1 aromatic heterocycles. The maximum atomic E-state index is 11.0. The first-order valence-corrected chi connectivity index (χ1v) is 3.90. The van der Waals surface area contributed by atoms with E-state index in [0.29, 0.717) is 6.61 Å². The zero-order chi connectivity index (χ0) is 8.81. The average molecular weight is 169 g/mol. The number of rotatable bonds is 4. The Labute approximate surface area is 70.5 Å². The van der Waals surface area contributed by atoms with Crippen molar-refractivity contribution in [2.45, 2.75) is 19.8 Å². The van der Waals surface area contributed by atoms with Crippen molar-refractivity contribution >= 4 is 5.97 Å². The van der Waals surface area contributed by atoms with Gasteiger partial charge in [0, 0.05) is 0 Å². The van der Waals surface area contributed by atoms with Crippen molar-refractivity contribution in [1.29, 1.82) is 0 Å². The van der Waals surface area contributed by atoms with E-state index in [1.807, 2.05) is 6.92 Å². The van der Waals surface area contributed by atoms with Crippen LogP contribution in [0.2, 0.25) is 0 Å². The minimum absolute atomic E-state index is 0.158. The highest BCUT2D eigenvalue weighted by molar-refractivity contribution is 5.85. The number of nitrogens with zero attached hydrogens (tertiary/aromatic N) is 1. The van der Waals surface area contributed by atoms with Crippen molar-refractivity contribution in [2.24, 2.45) is 0 Å². The molecule has 0 saturated heterocycles. The summed E-state index contributed by atoms with van der Waals surface area (Å²) >= 11 is 0. The van der Waals surface area contributed by atoms with Gasteiger partial charge in [-0.1, -0.05) is 13.3 Å². The number of carbonyl (C=O) groups is 1. The molecule has 0 aliphatic carbocycles. The van der Waals surface area contributed by atoms with Crippen LogP contribution in [0.1, 0.15) is 30.3 Å². The van der Waals surface area contributed by atoms with Gasteiger partial charge in [-0.3, -0.25) is 0 Å². The molecule has 0 aliphatic rings. The molecule has 0 fully saturated rings. The van der Waals surface area contributed by atoms with Crippen molar-refractivity contribution in [3.8, 4) is 0 Å². The number of ether oxygens (including phenoxy) is 1. The third-order valence-electron chi connectivity index (χ3n) is 1.36. The first-order valence-electron chi connectivity index (χ1n) is 3.90. The summed E-state index contributed by atoms with van der Waals surface area (Å²) in [5, 5.41) is 0. The van der Waals surface area contributed by atoms with E-state index >= 15 is 0 Å². The molecular formula is C8H11NO3. The summed E-state index contributed by atoms with van der Waals surface area (Å²) in [6.45, 7) is 2.47. The van der Waals surface area contributed by atoms with Gasteiger partial charge >= 0.3 is 5.97 Å². The summed E-state index contributed by atoms with van der Waals surface area (Å²) in [5.41, 5.74) is 0. The molecule has 0 aromatic carbocycles. The summed E-state index contributed by atoms with van der Waals surface area (Å²) in [4.78, 5) is 14.6. The molecule has 0 amide bonds. The standard InChI is InChI=1S/C8H11NO3/c1-2-3-4-11-8(10)7-5-9-6-12-7/h5-6H,2-4H2,1H3. The fraction of sp³-hybridized carbons (Fsp3) is 0.500. The lowest BCUT2D eigenvalue weighted by atomic mass is 10.4. The molecule has 66 valence electrons. The Morgan fingerprint density at radius 3 is 3.17 bits per heavy atom. The maximum Gasteiger partial charge on any atom is 0.375 e. The van der Waals surface area contributed by atoms with Crippen LogP contribution >= 0.6 is 0 Å². The number of aromatic nitrogens is 1. The first kappa shape index (κ1) is 8.77. The lowest BCUT2D eigenvalue weighted by molar-refractivity contribution is 0.0463. The highest BCUT2D eigenvalue weighted by Gasteiger charge is 2.09. The Bertz CT molecular complexity index is 230. The van der Waals surface area contributed by atoms with Gasteiger partial charge in [-0.2, -0.15) is 0 Å². The fourth-order valence-corrected chi connectivity index (χ4v) is 0.697. The monoisotopic (exact) mass is 169 g/mol. The number of esters is 1. The molecule has 0 radical (unpaired) electrons. The summed E-state index contributed by atoms with van der Waals surface area (Å²) in [6.07, 6.45) is 4.42. The molecule has 0 aliphatic heterocycles. The van der Waals surface area contributed by atoms with E-state index in [1.165, 1.54) is 12.6 Å². The van der Waals surface area contributed by atoms with E-state index in [0.717, 1.165) is 12.8 Å². The third-order valence-corrected chi connectivity index (χ3v) is 1.36. The minimum atomic E-state index is -0.444. The molecular weight excluding hydrogens is 158 g/mol. The quantitative estimate of drug-likeness (QED) is 0.507. The number of hydrogen-bond acceptors (Lipinski definition) is 4. The molecule has 1 rings (SSSR count). The summed E-state index contributed by atoms with van der Waals surface area (Å²) < 4.78 is 9.59. The van der Waals surface area contributed by atoms with Crippen molar-refractivity contribution in [3.63, 3.8) is 0 Å². The van der Waals surface area contributed by atoms with Gasteiger partial charge in [-0.05, 0) is 6.42 Å². The molecule has 0 atom stereocenters. The normalized spacial score (nSPS) is 9.75. The van der Waals surface area contributed by atoms with Crippen LogP contribution in [0.4, 0.5) is 0 Å². The largest absolute Gasteiger partial charge is 0.460 e. The van der Waals surface area contributed by atoms with Crippen LogP contribution in [-0.2, 0) is 4.74 Å². The van der Waals surface area contributed by atoms with Gasteiger partial charge in [0.15, 0.2) is 6.39 Å². The van der Waals surface area contributed by atoms with E-state index in [9.17, 15) is 4.79 Å². The number of carbonyl (C=O) groups excluding carboxylic acids is 1. The van der Waals surface area contributed by atoms with Gasteiger partial charge in [-0.15, -0.1) is 0 Å². The van der Waals surface area contributed by atoms with Crippen molar-refractivity contribution in [1.82, 2.24) is 4.98 Å². The minimum Gasteiger partial charge on any atom is -0.460 e. The van der Waals surface area contributed by atoms with E-state index in [-0.39, 0.29) is 5.76 Å². The Kier molecular flexibility index (Phi) is 3.32. The van der Waals surface area contributed by atoms with E-state index < -0.39 is 5.97 Å².